The summed E-state index contributed by atoms with van der Waals surface area (Å²) in [6.45, 7) is 3.80. The maximum Gasteiger partial charge on any atom is 0.219 e. The molecule has 0 unspecified atom stereocenters. The fourth-order valence-corrected chi connectivity index (χ4v) is 3.10. The fraction of sp³-hybridized carbons (Fsp3) is 0.150. The number of nitrogens with zero attached hydrogens (tertiary/aromatic N) is 5. The molecular formula is C20H18N6O. The smallest absolute Gasteiger partial charge is 0.219 e. The van der Waals surface area contributed by atoms with E-state index in [4.69, 9.17) is 4.74 Å². The van der Waals surface area contributed by atoms with Crippen molar-refractivity contribution in [1.29, 1.82) is 0 Å². The van der Waals surface area contributed by atoms with Gasteiger partial charge in [-0.3, -0.25) is 0 Å². The zero-order chi connectivity index (χ0) is 18.8. The lowest BCUT2D eigenvalue weighted by Gasteiger charge is -2.13. The van der Waals surface area contributed by atoms with E-state index in [-0.39, 0.29) is 0 Å². The summed E-state index contributed by atoms with van der Waals surface area (Å²) in [5.74, 6) is 1.76. The maximum absolute atomic E-state index is 5.39. The molecule has 1 N–H and O–H groups in total. The Hall–Kier alpha value is -3.61. The molecule has 0 aliphatic carbocycles. The number of benzene rings is 2. The third kappa shape index (κ3) is 3.15. The van der Waals surface area contributed by atoms with Crippen LogP contribution in [0.5, 0.6) is 5.88 Å². The molecule has 0 atom stereocenters. The predicted octanol–water partition coefficient (Wildman–Crippen LogP) is 3.62. The Balaban J connectivity index is 1.93. The van der Waals surface area contributed by atoms with E-state index in [0.29, 0.717) is 17.5 Å². The molecule has 134 valence electrons. The molecule has 0 bridgehead atoms. The highest BCUT2D eigenvalue weighted by atomic mass is 16.5. The monoisotopic (exact) mass is 358 g/mol. The van der Waals surface area contributed by atoms with Crippen LogP contribution in [-0.4, -0.2) is 37.7 Å². The molecule has 7 heteroatoms. The molecule has 27 heavy (non-hydrogen) atoms. The number of tetrazole rings is 1. The Bertz CT molecular complexity index is 1080. The highest BCUT2D eigenvalue weighted by molar-refractivity contribution is 5.84. The Morgan fingerprint density at radius 3 is 2.41 bits per heavy atom. The minimum absolute atomic E-state index is 0.533. The number of nitrogens with one attached hydrogen (secondary N) is 1. The first-order valence-corrected chi connectivity index (χ1v) is 8.50. The Labute approximate surface area is 156 Å². The number of aromatic amines is 1. The molecule has 0 aliphatic rings. The van der Waals surface area contributed by atoms with Crippen molar-refractivity contribution in [3.8, 4) is 39.7 Å². The van der Waals surface area contributed by atoms with Crippen LogP contribution in [0.3, 0.4) is 0 Å². The first-order valence-electron chi connectivity index (χ1n) is 8.50. The van der Waals surface area contributed by atoms with Crippen molar-refractivity contribution in [2.45, 2.75) is 13.8 Å². The van der Waals surface area contributed by atoms with Crippen LogP contribution in [0.15, 0.2) is 48.5 Å². The van der Waals surface area contributed by atoms with Crippen LogP contribution in [0.1, 0.15) is 11.4 Å². The van der Waals surface area contributed by atoms with Gasteiger partial charge in [0.1, 0.15) is 5.82 Å². The summed E-state index contributed by atoms with van der Waals surface area (Å²) in [5.41, 5.74) is 5.63. The number of hydrogen-bond acceptors (Lipinski definition) is 6. The second-order valence-corrected chi connectivity index (χ2v) is 6.12. The van der Waals surface area contributed by atoms with Crippen molar-refractivity contribution in [2.24, 2.45) is 0 Å². The van der Waals surface area contributed by atoms with Gasteiger partial charge < -0.3 is 4.74 Å². The second-order valence-electron chi connectivity index (χ2n) is 6.12. The number of methoxy groups -OCH3 is 1. The number of H-pyrrole nitrogens is 1. The summed E-state index contributed by atoms with van der Waals surface area (Å²) in [5, 5.41) is 14.6. The van der Waals surface area contributed by atoms with E-state index in [0.717, 1.165) is 33.5 Å². The molecule has 0 aliphatic heterocycles. The SMILES string of the molecule is COc1nc(C)nc(-c2ccc(-c3ccccc3)c(-c3nn[nH]n3)c2)c1C. The summed E-state index contributed by atoms with van der Waals surface area (Å²) in [7, 11) is 1.61. The zero-order valence-electron chi connectivity index (χ0n) is 15.3. The van der Waals surface area contributed by atoms with Crippen molar-refractivity contribution in [3.63, 3.8) is 0 Å². The molecule has 4 rings (SSSR count). The number of rotatable bonds is 4. The lowest BCUT2D eigenvalue weighted by molar-refractivity contribution is 0.392. The van der Waals surface area contributed by atoms with Crippen molar-refractivity contribution < 1.29 is 4.74 Å². The van der Waals surface area contributed by atoms with E-state index in [1.54, 1.807) is 7.11 Å². The van der Waals surface area contributed by atoms with Gasteiger partial charge in [0.25, 0.3) is 0 Å². The summed E-state index contributed by atoms with van der Waals surface area (Å²) in [6, 6.07) is 16.2. The van der Waals surface area contributed by atoms with Crippen molar-refractivity contribution >= 4 is 0 Å². The standard InChI is InChI=1S/C20H18N6O/c1-12-18(21-13(2)22-20(12)27-3)15-9-10-16(14-7-5-4-6-8-14)17(11-15)19-23-25-26-24-19/h4-11H,1-3H3,(H,23,24,25,26). The van der Waals surface area contributed by atoms with Gasteiger partial charge >= 0.3 is 0 Å². The van der Waals surface area contributed by atoms with Crippen LogP contribution in [0.2, 0.25) is 0 Å². The average Bonchev–Trinajstić information content (AvgIpc) is 3.24. The average molecular weight is 358 g/mol. The van der Waals surface area contributed by atoms with E-state index in [2.05, 4.69) is 48.8 Å². The lowest BCUT2D eigenvalue weighted by Crippen LogP contribution is -2.00. The van der Waals surface area contributed by atoms with Crippen LogP contribution in [-0.2, 0) is 0 Å². The minimum Gasteiger partial charge on any atom is -0.481 e. The van der Waals surface area contributed by atoms with E-state index in [1.807, 2.05) is 44.2 Å². The molecule has 2 heterocycles. The van der Waals surface area contributed by atoms with Crippen molar-refractivity contribution in [1.82, 2.24) is 30.6 Å². The Kier molecular flexibility index (Phi) is 4.33. The van der Waals surface area contributed by atoms with Gasteiger partial charge in [-0.05, 0) is 36.3 Å². The van der Waals surface area contributed by atoms with Crippen molar-refractivity contribution in [2.75, 3.05) is 7.11 Å². The van der Waals surface area contributed by atoms with E-state index in [9.17, 15) is 0 Å². The molecule has 0 saturated carbocycles. The number of ether oxygens (including phenoxy) is 1. The van der Waals surface area contributed by atoms with Crippen LogP contribution in [0.25, 0.3) is 33.8 Å². The quantitative estimate of drug-likeness (QED) is 0.599. The molecule has 0 saturated heterocycles. The van der Waals surface area contributed by atoms with Gasteiger partial charge in [0.15, 0.2) is 0 Å². The normalized spacial score (nSPS) is 10.8. The summed E-state index contributed by atoms with van der Waals surface area (Å²) < 4.78 is 5.39. The molecule has 0 spiro atoms. The summed E-state index contributed by atoms with van der Waals surface area (Å²) in [4.78, 5) is 8.96. The highest BCUT2D eigenvalue weighted by Crippen LogP contribution is 2.35. The summed E-state index contributed by atoms with van der Waals surface area (Å²) in [6.07, 6.45) is 0. The number of aromatic nitrogens is 6. The van der Waals surface area contributed by atoms with E-state index >= 15 is 0 Å². The van der Waals surface area contributed by atoms with Gasteiger partial charge in [0.2, 0.25) is 11.7 Å². The van der Waals surface area contributed by atoms with E-state index < -0.39 is 0 Å². The largest absolute Gasteiger partial charge is 0.481 e. The zero-order valence-corrected chi connectivity index (χ0v) is 15.3. The van der Waals surface area contributed by atoms with Crippen LogP contribution >= 0.6 is 0 Å². The van der Waals surface area contributed by atoms with Gasteiger partial charge in [0, 0.05) is 16.7 Å². The van der Waals surface area contributed by atoms with Gasteiger partial charge in [-0.15, -0.1) is 10.2 Å². The molecule has 0 amide bonds. The topological polar surface area (TPSA) is 89.5 Å². The molecule has 0 radical (unpaired) electrons. The molecule has 2 aromatic heterocycles. The minimum atomic E-state index is 0.533. The van der Waals surface area contributed by atoms with Gasteiger partial charge in [-0.1, -0.05) is 42.5 Å². The van der Waals surface area contributed by atoms with Gasteiger partial charge in [0.05, 0.1) is 12.8 Å². The van der Waals surface area contributed by atoms with Gasteiger partial charge in [-0.25, -0.2) is 4.98 Å². The molecule has 0 fully saturated rings. The van der Waals surface area contributed by atoms with Crippen LogP contribution < -0.4 is 4.74 Å². The number of hydrogen-bond donors (Lipinski definition) is 1. The molecule has 7 nitrogen and oxygen atoms in total. The van der Waals surface area contributed by atoms with Gasteiger partial charge in [-0.2, -0.15) is 10.2 Å². The molecule has 2 aromatic carbocycles. The molecular weight excluding hydrogens is 340 g/mol. The summed E-state index contributed by atoms with van der Waals surface area (Å²) >= 11 is 0. The highest BCUT2D eigenvalue weighted by Gasteiger charge is 2.16. The predicted molar refractivity (Wildman–Crippen MR) is 102 cm³/mol. The second kappa shape index (κ2) is 6.95. The third-order valence-corrected chi connectivity index (χ3v) is 4.37. The maximum atomic E-state index is 5.39. The Morgan fingerprint density at radius 2 is 1.70 bits per heavy atom. The Morgan fingerprint density at radius 1 is 0.889 bits per heavy atom. The first kappa shape index (κ1) is 16.8. The van der Waals surface area contributed by atoms with Crippen molar-refractivity contribution in [3.05, 3.63) is 59.9 Å². The lowest BCUT2D eigenvalue weighted by atomic mass is 9.95. The first-order chi connectivity index (χ1) is 13.2. The van der Waals surface area contributed by atoms with Crippen LogP contribution in [0, 0.1) is 13.8 Å². The fourth-order valence-electron chi connectivity index (χ4n) is 3.10. The molecule has 4 aromatic rings. The third-order valence-electron chi connectivity index (χ3n) is 4.37. The number of aryl methyl sites for hydroxylation is 1. The van der Waals surface area contributed by atoms with Crippen LogP contribution in [0.4, 0.5) is 0 Å². The van der Waals surface area contributed by atoms with E-state index in [1.165, 1.54) is 0 Å².